The maximum atomic E-state index is 12.7. The largest absolute Gasteiger partial charge is 0.393 e. The average Bonchev–Trinajstić information content (AvgIpc) is 3.58. The summed E-state index contributed by atoms with van der Waals surface area (Å²) in [5.41, 5.74) is 3.94. The summed E-state index contributed by atoms with van der Waals surface area (Å²) in [6.07, 6.45) is 3.74. The molecule has 2 aromatic carbocycles. The molecule has 3 heterocycles. The summed E-state index contributed by atoms with van der Waals surface area (Å²) in [6, 6.07) is 16.9. The Hall–Kier alpha value is -4.19. The number of aliphatic hydroxyl groups is 2. The molecule has 5 rings (SSSR count). The molecular formula is C29H28N4O4. The molecule has 1 atom stereocenters. The van der Waals surface area contributed by atoms with Gasteiger partial charge in [0.15, 0.2) is 5.76 Å². The van der Waals surface area contributed by atoms with E-state index < -0.39 is 6.10 Å². The molecule has 1 unspecified atom stereocenters. The molecule has 1 aliphatic heterocycles. The Morgan fingerprint density at radius 1 is 1.08 bits per heavy atom. The number of imidazole rings is 1. The number of nitrogens with zero attached hydrogens (tertiary/aromatic N) is 4. The first kappa shape index (κ1) is 24.5. The third kappa shape index (κ3) is 5.80. The number of amides is 1. The van der Waals surface area contributed by atoms with Crippen molar-refractivity contribution in [3.63, 3.8) is 0 Å². The molecule has 0 bridgehead atoms. The van der Waals surface area contributed by atoms with Crippen LogP contribution < -0.4 is 0 Å². The van der Waals surface area contributed by atoms with Gasteiger partial charge in [-0.05, 0) is 68.3 Å². The summed E-state index contributed by atoms with van der Waals surface area (Å²) < 4.78 is 7.36. The van der Waals surface area contributed by atoms with E-state index in [1.165, 1.54) is 0 Å². The summed E-state index contributed by atoms with van der Waals surface area (Å²) in [6.45, 7) is 3.30. The molecular weight excluding hydrogens is 468 g/mol. The Bertz CT molecular complexity index is 1420. The van der Waals surface area contributed by atoms with Gasteiger partial charge in [-0.25, -0.2) is 4.98 Å². The Balaban J connectivity index is 1.21. The van der Waals surface area contributed by atoms with E-state index >= 15 is 0 Å². The molecule has 0 spiro atoms. The number of carbonyl (C=O) groups excluding carboxylic acids is 1. The minimum Gasteiger partial charge on any atom is -0.393 e. The molecule has 8 nitrogen and oxygen atoms in total. The van der Waals surface area contributed by atoms with E-state index in [1.54, 1.807) is 36.4 Å². The number of piperidine rings is 1. The molecule has 1 fully saturated rings. The number of carbonyl (C=O) groups is 1. The maximum Gasteiger partial charge on any atom is 0.253 e. The lowest BCUT2D eigenvalue weighted by molar-refractivity contribution is 0.0546. The fourth-order valence-corrected chi connectivity index (χ4v) is 4.33. The molecule has 2 aromatic heterocycles. The number of hydrogen-bond donors (Lipinski definition) is 2. The first-order valence-corrected chi connectivity index (χ1v) is 12.3. The molecule has 4 aromatic rings. The van der Waals surface area contributed by atoms with Crippen LogP contribution in [0.2, 0.25) is 0 Å². The highest BCUT2D eigenvalue weighted by atomic mass is 16.5. The Kier molecular flexibility index (Phi) is 7.17. The van der Waals surface area contributed by atoms with Crippen LogP contribution in [0.3, 0.4) is 0 Å². The zero-order valence-corrected chi connectivity index (χ0v) is 20.5. The molecule has 1 amide bonds. The van der Waals surface area contributed by atoms with Crippen molar-refractivity contribution in [3.8, 4) is 23.2 Å². The molecule has 1 saturated heterocycles. The second-order valence-electron chi connectivity index (χ2n) is 9.20. The summed E-state index contributed by atoms with van der Waals surface area (Å²) in [7, 11) is 0. The quantitative estimate of drug-likeness (QED) is 0.409. The zero-order chi connectivity index (χ0) is 25.8. The van der Waals surface area contributed by atoms with Gasteiger partial charge in [0, 0.05) is 53.8 Å². The van der Waals surface area contributed by atoms with Crippen molar-refractivity contribution in [2.75, 3.05) is 13.1 Å². The number of aromatic nitrogens is 3. The van der Waals surface area contributed by atoms with E-state index in [4.69, 9.17) is 4.52 Å². The van der Waals surface area contributed by atoms with E-state index in [2.05, 4.69) is 22.0 Å². The Labute approximate surface area is 215 Å². The highest BCUT2D eigenvalue weighted by Crippen LogP contribution is 2.22. The van der Waals surface area contributed by atoms with Crippen LogP contribution in [0, 0.1) is 11.8 Å². The van der Waals surface area contributed by atoms with Gasteiger partial charge in [-0.1, -0.05) is 17.0 Å². The average molecular weight is 497 g/mol. The Morgan fingerprint density at radius 3 is 2.38 bits per heavy atom. The predicted molar refractivity (Wildman–Crippen MR) is 137 cm³/mol. The summed E-state index contributed by atoms with van der Waals surface area (Å²) in [5, 5.41) is 23.6. The molecule has 0 aliphatic carbocycles. The van der Waals surface area contributed by atoms with Crippen LogP contribution in [-0.4, -0.2) is 54.9 Å². The van der Waals surface area contributed by atoms with Gasteiger partial charge in [0.2, 0.25) is 0 Å². The van der Waals surface area contributed by atoms with Crippen LogP contribution in [0.25, 0.3) is 11.3 Å². The number of aliphatic hydroxyl groups excluding tert-OH is 2. The summed E-state index contributed by atoms with van der Waals surface area (Å²) in [5.74, 6) is 7.52. The molecule has 8 heteroatoms. The van der Waals surface area contributed by atoms with Crippen LogP contribution in [-0.2, 0) is 6.54 Å². The predicted octanol–water partition coefficient (Wildman–Crippen LogP) is 3.64. The smallest absolute Gasteiger partial charge is 0.253 e. The lowest BCUT2D eigenvalue weighted by Gasteiger charge is -2.29. The number of likely N-dealkylation sites (tertiary alicyclic amines) is 1. The van der Waals surface area contributed by atoms with Crippen molar-refractivity contribution < 1.29 is 19.5 Å². The van der Waals surface area contributed by atoms with E-state index in [1.807, 2.05) is 47.0 Å². The number of hydrogen-bond acceptors (Lipinski definition) is 6. The first-order valence-electron chi connectivity index (χ1n) is 12.3. The lowest BCUT2D eigenvalue weighted by Crippen LogP contribution is -2.40. The zero-order valence-electron chi connectivity index (χ0n) is 20.5. The van der Waals surface area contributed by atoms with Crippen LogP contribution in [0.4, 0.5) is 0 Å². The van der Waals surface area contributed by atoms with E-state index in [-0.39, 0.29) is 12.0 Å². The minimum absolute atomic E-state index is 0.00834. The van der Waals surface area contributed by atoms with Crippen molar-refractivity contribution in [1.82, 2.24) is 19.6 Å². The molecule has 37 heavy (non-hydrogen) atoms. The molecule has 2 N–H and O–H groups in total. The van der Waals surface area contributed by atoms with Crippen molar-refractivity contribution in [2.24, 2.45) is 0 Å². The van der Waals surface area contributed by atoms with Crippen molar-refractivity contribution in [2.45, 2.75) is 38.5 Å². The van der Waals surface area contributed by atoms with E-state index in [0.717, 1.165) is 22.4 Å². The first-order chi connectivity index (χ1) is 18.0. The lowest BCUT2D eigenvalue weighted by atomic mass is 10.1. The highest BCUT2D eigenvalue weighted by Gasteiger charge is 2.22. The van der Waals surface area contributed by atoms with Gasteiger partial charge in [0.05, 0.1) is 12.6 Å². The van der Waals surface area contributed by atoms with Gasteiger partial charge >= 0.3 is 0 Å². The minimum atomic E-state index is -0.661. The summed E-state index contributed by atoms with van der Waals surface area (Å²) >= 11 is 0. The van der Waals surface area contributed by atoms with Gasteiger partial charge in [0.25, 0.3) is 5.91 Å². The van der Waals surface area contributed by atoms with Crippen LogP contribution in [0.5, 0.6) is 0 Å². The normalized spacial score (nSPS) is 14.7. The fourth-order valence-electron chi connectivity index (χ4n) is 4.33. The number of benzene rings is 2. The van der Waals surface area contributed by atoms with Crippen molar-refractivity contribution in [1.29, 1.82) is 0 Å². The SMILES string of the molecule is CC(O)c1nccn1Cc1cc(-c2ccc(C#Cc3ccc(C(=O)N4CCC(O)CC4)cc3)cc2)on1. The van der Waals surface area contributed by atoms with Gasteiger partial charge in [-0.15, -0.1) is 0 Å². The molecule has 0 saturated carbocycles. The third-order valence-electron chi connectivity index (χ3n) is 6.42. The topological polar surface area (TPSA) is 105 Å². The number of rotatable bonds is 5. The van der Waals surface area contributed by atoms with E-state index in [9.17, 15) is 15.0 Å². The molecule has 1 aliphatic rings. The summed E-state index contributed by atoms with van der Waals surface area (Å²) in [4.78, 5) is 18.6. The maximum absolute atomic E-state index is 12.7. The van der Waals surface area contributed by atoms with Crippen molar-refractivity contribution >= 4 is 5.91 Å². The van der Waals surface area contributed by atoms with Crippen molar-refractivity contribution in [3.05, 3.63) is 95.2 Å². The second kappa shape index (κ2) is 10.8. The van der Waals surface area contributed by atoms with Crippen LogP contribution >= 0.6 is 0 Å². The standard InChI is InChI=1S/C29H28N4O4/c1-20(34)28-30-14-17-33(28)19-25-18-27(37-31-25)23-8-4-21(5-9-23)2-3-22-6-10-24(11-7-22)29(36)32-15-12-26(35)13-16-32/h4-11,14,17-18,20,26,34-35H,12-13,15-16,19H2,1H3. The monoisotopic (exact) mass is 496 g/mol. The molecule has 0 radical (unpaired) electrons. The van der Waals surface area contributed by atoms with Crippen LogP contribution in [0.15, 0.2) is 71.5 Å². The highest BCUT2D eigenvalue weighted by molar-refractivity contribution is 5.94. The second-order valence-corrected chi connectivity index (χ2v) is 9.20. The third-order valence-corrected chi connectivity index (χ3v) is 6.42. The fraction of sp³-hybridized carbons (Fsp3) is 0.276. The van der Waals surface area contributed by atoms with Gasteiger partial charge < -0.3 is 24.2 Å². The van der Waals surface area contributed by atoms with E-state index in [0.29, 0.717) is 49.6 Å². The van der Waals surface area contributed by atoms with Gasteiger partial charge in [0.1, 0.15) is 17.6 Å². The van der Waals surface area contributed by atoms with Crippen LogP contribution in [0.1, 0.15) is 58.9 Å². The Morgan fingerprint density at radius 2 is 1.73 bits per heavy atom. The van der Waals surface area contributed by atoms with Gasteiger partial charge in [-0.3, -0.25) is 4.79 Å². The molecule has 188 valence electrons. The van der Waals surface area contributed by atoms with Gasteiger partial charge in [-0.2, -0.15) is 0 Å².